The van der Waals surface area contributed by atoms with E-state index < -0.39 is 0 Å². The highest BCUT2D eigenvalue weighted by Crippen LogP contribution is 2.14. The molecular weight excluding hydrogens is 184 g/mol. The van der Waals surface area contributed by atoms with Crippen molar-refractivity contribution in [2.24, 2.45) is 0 Å². The predicted molar refractivity (Wildman–Crippen MR) is 69.0 cm³/mol. The molecule has 1 rings (SSSR count). The van der Waals surface area contributed by atoms with Crippen LogP contribution < -0.4 is 0 Å². The summed E-state index contributed by atoms with van der Waals surface area (Å²) in [6.45, 7) is 6.24. The van der Waals surface area contributed by atoms with Crippen molar-refractivity contribution < 1.29 is 0 Å². The third-order valence-corrected chi connectivity index (χ3v) is 2.36. The quantitative estimate of drug-likeness (QED) is 0.704. The fourth-order valence-electron chi connectivity index (χ4n) is 1.40. The third kappa shape index (κ3) is 6.34. The van der Waals surface area contributed by atoms with E-state index in [1.807, 2.05) is 13.8 Å². The second-order valence-corrected chi connectivity index (χ2v) is 3.85. The smallest absolute Gasteiger partial charge is 0.0299 e. The van der Waals surface area contributed by atoms with Crippen LogP contribution in [0.25, 0.3) is 0 Å². The van der Waals surface area contributed by atoms with Crippen molar-refractivity contribution in [1.29, 1.82) is 0 Å². The lowest BCUT2D eigenvalue weighted by Crippen LogP contribution is -2.28. The van der Waals surface area contributed by atoms with Crippen molar-refractivity contribution in [3.63, 3.8) is 0 Å². The Morgan fingerprint density at radius 3 is 2.27 bits per heavy atom. The van der Waals surface area contributed by atoms with Crippen LogP contribution in [0.4, 0.5) is 0 Å². The Morgan fingerprint density at radius 2 is 1.80 bits per heavy atom. The Hall–Kier alpha value is -0.760. The van der Waals surface area contributed by atoms with E-state index in [0.717, 1.165) is 13.1 Å². The number of hydrogen-bond acceptors (Lipinski definition) is 2. The monoisotopic (exact) mass is 210 g/mol. The highest BCUT2D eigenvalue weighted by molar-refractivity contribution is 5.16. The van der Waals surface area contributed by atoms with Crippen molar-refractivity contribution in [2.45, 2.75) is 26.7 Å². The molecule has 0 aliphatic heterocycles. The van der Waals surface area contributed by atoms with Gasteiger partial charge in [0, 0.05) is 25.8 Å². The van der Waals surface area contributed by atoms with Crippen LogP contribution in [-0.2, 0) is 0 Å². The first-order valence-corrected chi connectivity index (χ1v) is 5.91. The van der Waals surface area contributed by atoms with Crippen LogP contribution >= 0.6 is 0 Å². The van der Waals surface area contributed by atoms with Crippen LogP contribution in [0.5, 0.6) is 0 Å². The lowest BCUT2D eigenvalue weighted by molar-refractivity contribution is 0.319. The number of nitrogens with zero attached hydrogens (tertiary/aromatic N) is 2. The Morgan fingerprint density at radius 1 is 1.13 bits per heavy atom. The van der Waals surface area contributed by atoms with Gasteiger partial charge in [-0.2, -0.15) is 0 Å². The van der Waals surface area contributed by atoms with Gasteiger partial charge < -0.3 is 9.80 Å². The molecule has 0 aromatic heterocycles. The molecular formula is C13H26N2. The Kier molecular flexibility index (Phi) is 8.11. The summed E-state index contributed by atoms with van der Waals surface area (Å²) in [7, 11) is 6.40. The van der Waals surface area contributed by atoms with Crippen LogP contribution in [0, 0.1) is 0 Å². The number of rotatable bonds is 4. The van der Waals surface area contributed by atoms with Crippen molar-refractivity contribution in [3.05, 3.63) is 23.9 Å². The van der Waals surface area contributed by atoms with Crippen LogP contribution in [-0.4, -0.2) is 44.0 Å². The second kappa shape index (κ2) is 8.54. The van der Waals surface area contributed by atoms with E-state index >= 15 is 0 Å². The Balaban J connectivity index is 0.000000921. The zero-order valence-electron chi connectivity index (χ0n) is 11.0. The van der Waals surface area contributed by atoms with Gasteiger partial charge in [0.05, 0.1) is 0 Å². The molecule has 0 radical (unpaired) electrons. The summed E-state index contributed by atoms with van der Waals surface area (Å²) in [4.78, 5) is 4.57. The maximum atomic E-state index is 2.35. The molecule has 0 saturated carbocycles. The maximum absolute atomic E-state index is 2.35. The van der Waals surface area contributed by atoms with E-state index in [1.54, 1.807) is 0 Å². The molecule has 0 amide bonds. The van der Waals surface area contributed by atoms with E-state index in [0.29, 0.717) is 0 Å². The molecule has 0 unspecified atom stereocenters. The van der Waals surface area contributed by atoms with Gasteiger partial charge >= 0.3 is 0 Å². The van der Waals surface area contributed by atoms with Crippen LogP contribution in [0.3, 0.4) is 0 Å². The summed E-state index contributed by atoms with van der Waals surface area (Å²) in [5.74, 6) is 0. The van der Waals surface area contributed by atoms with Gasteiger partial charge in [-0.25, -0.2) is 0 Å². The van der Waals surface area contributed by atoms with E-state index in [2.05, 4.69) is 49.2 Å². The van der Waals surface area contributed by atoms with Gasteiger partial charge in [0.1, 0.15) is 0 Å². The van der Waals surface area contributed by atoms with Gasteiger partial charge in [0.25, 0.3) is 0 Å². The van der Waals surface area contributed by atoms with Gasteiger partial charge in [-0.15, -0.1) is 0 Å². The summed E-state index contributed by atoms with van der Waals surface area (Å²) < 4.78 is 0. The SMILES string of the molecule is CC.CN(C)CCN(C)C1=CC=CCC1. The molecule has 0 fully saturated rings. The lowest BCUT2D eigenvalue weighted by atomic mass is 10.1. The van der Waals surface area contributed by atoms with E-state index in [1.165, 1.54) is 18.5 Å². The molecule has 15 heavy (non-hydrogen) atoms. The van der Waals surface area contributed by atoms with Crippen molar-refractivity contribution in [3.8, 4) is 0 Å². The molecule has 1 aliphatic carbocycles. The summed E-state index contributed by atoms with van der Waals surface area (Å²) in [6, 6.07) is 0. The van der Waals surface area contributed by atoms with E-state index in [-0.39, 0.29) is 0 Å². The number of allylic oxidation sites excluding steroid dienone is 4. The zero-order valence-corrected chi connectivity index (χ0v) is 11.0. The molecule has 2 nitrogen and oxygen atoms in total. The average molecular weight is 210 g/mol. The van der Waals surface area contributed by atoms with Crippen molar-refractivity contribution in [2.75, 3.05) is 34.2 Å². The largest absolute Gasteiger partial charge is 0.377 e. The van der Waals surface area contributed by atoms with Crippen LogP contribution in [0.15, 0.2) is 23.9 Å². The maximum Gasteiger partial charge on any atom is 0.0299 e. The molecule has 2 heteroatoms. The zero-order chi connectivity index (χ0) is 11.7. The second-order valence-electron chi connectivity index (χ2n) is 3.85. The topological polar surface area (TPSA) is 6.48 Å². The van der Waals surface area contributed by atoms with Gasteiger partial charge in [0.2, 0.25) is 0 Å². The predicted octanol–water partition coefficient (Wildman–Crippen LogP) is 2.74. The fraction of sp³-hybridized carbons (Fsp3) is 0.692. The minimum atomic E-state index is 1.12. The molecule has 0 aromatic carbocycles. The van der Waals surface area contributed by atoms with E-state index in [4.69, 9.17) is 0 Å². The van der Waals surface area contributed by atoms with Crippen molar-refractivity contribution in [1.82, 2.24) is 9.80 Å². The minimum absolute atomic E-state index is 1.12. The summed E-state index contributed by atoms with van der Waals surface area (Å²) in [5.41, 5.74) is 1.46. The summed E-state index contributed by atoms with van der Waals surface area (Å²) in [6.07, 6.45) is 8.99. The molecule has 0 N–H and O–H groups in total. The van der Waals surface area contributed by atoms with Gasteiger partial charge in [0.15, 0.2) is 0 Å². The molecule has 0 heterocycles. The fourth-order valence-corrected chi connectivity index (χ4v) is 1.40. The first-order valence-electron chi connectivity index (χ1n) is 5.91. The summed E-state index contributed by atoms with van der Waals surface area (Å²) >= 11 is 0. The first-order chi connectivity index (χ1) is 7.20. The molecule has 0 bridgehead atoms. The summed E-state index contributed by atoms with van der Waals surface area (Å²) in [5, 5.41) is 0. The van der Waals surface area contributed by atoms with Gasteiger partial charge in [-0.1, -0.05) is 26.0 Å². The number of likely N-dealkylation sites (N-methyl/N-ethyl adjacent to an activating group) is 2. The highest BCUT2D eigenvalue weighted by Gasteiger charge is 2.05. The standard InChI is InChI=1S/C11H20N2.C2H6/c1-12(2)9-10-13(3)11-7-5-4-6-8-11;1-2/h4-5,7H,6,8-10H2,1-3H3;1-2H3. The lowest BCUT2D eigenvalue weighted by Gasteiger charge is -2.25. The van der Waals surface area contributed by atoms with Crippen molar-refractivity contribution >= 4 is 0 Å². The molecule has 0 saturated heterocycles. The molecule has 0 spiro atoms. The third-order valence-electron chi connectivity index (χ3n) is 2.36. The van der Waals surface area contributed by atoms with Gasteiger partial charge in [-0.3, -0.25) is 0 Å². The van der Waals surface area contributed by atoms with E-state index in [9.17, 15) is 0 Å². The Labute approximate surface area is 95.3 Å². The molecule has 88 valence electrons. The normalized spacial score (nSPS) is 14.4. The minimum Gasteiger partial charge on any atom is -0.377 e. The molecule has 0 aromatic rings. The van der Waals surface area contributed by atoms with Crippen LogP contribution in [0.2, 0.25) is 0 Å². The molecule has 0 atom stereocenters. The highest BCUT2D eigenvalue weighted by atomic mass is 15.2. The van der Waals surface area contributed by atoms with Gasteiger partial charge in [-0.05, 0) is 33.0 Å². The Bertz CT molecular complexity index is 205. The van der Waals surface area contributed by atoms with Crippen LogP contribution in [0.1, 0.15) is 26.7 Å². The number of hydrogen-bond donors (Lipinski definition) is 0. The first kappa shape index (κ1) is 14.2. The molecule has 1 aliphatic rings. The average Bonchev–Trinajstić information content (AvgIpc) is 2.30.